The second-order valence-electron chi connectivity index (χ2n) is 8.04. The molecule has 0 radical (unpaired) electrons. The molecule has 4 heterocycles. The van der Waals surface area contributed by atoms with Gasteiger partial charge in [0.15, 0.2) is 5.82 Å². The van der Waals surface area contributed by atoms with E-state index in [1.807, 2.05) is 31.4 Å². The number of nitrogens with two attached hydrogens (primary N) is 1. The molecule has 162 valence electrons. The van der Waals surface area contributed by atoms with Gasteiger partial charge in [-0.15, -0.1) is 0 Å². The van der Waals surface area contributed by atoms with Gasteiger partial charge in [0.1, 0.15) is 5.82 Å². The number of nitrogens with zero attached hydrogens (tertiary/aromatic N) is 7. The predicted molar refractivity (Wildman–Crippen MR) is 121 cm³/mol. The van der Waals surface area contributed by atoms with E-state index in [2.05, 4.69) is 43.0 Å². The van der Waals surface area contributed by atoms with E-state index in [1.165, 1.54) is 0 Å². The van der Waals surface area contributed by atoms with Crippen LogP contribution in [0.25, 0.3) is 22.7 Å². The molecule has 1 aliphatic rings. The first-order chi connectivity index (χ1) is 15.6. The van der Waals surface area contributed by atoms with Gasteiger partial charge < -0.3 is 15.2 Å². The Balaban J connectivity index is 1.41. The Labute approximate surface area is 185 Å². The quantitative estimate of drug-likeness (QED) is 0.492. The number of hydrogen-bond donors (Lipinski definition) is 1. The number of nitrogen functional groups attached to an aromatic ring is 1. The molecular formula is C23H24N8O. The van der Waals surface area contributed by atoms with Gasteiger partial charge in [-0.25, -0.2) is 15.0 Å². The average Bonchev–Trinajstić information content (AvgIpc) is 3.29. The molecule has 5 rings (SSSR count). The Bertz CT molecular complexity index is 1200. The molecule has 4 aromatic heterocycles. The molecule has 1 saturated carbocycles. The minimum atomic E-state index is -0.277. The Morgan fingerprint density at radius 1 is 0.969 bits per heavy atom. The molecular weight excluding hydrogens is 404 g/mol. The molecule has 9 nitrogen and oxygen atoms in total. The van der Waals surface area contributed by atoms with Gasteiger partial charge in [-0.2, -0.15) is 4.98 Å². The second-order valence-corrected chi connectivity index (χ2v) is 8.04. The minimum absolute atomic E-state index is 0.244. The largest absolute Gasteiger partial charge is 0.368 e. The van der Waals surface area contributed by atoms with Crippen LogP contribution in [0.1, 0.15) is 37.6 Å². The highest BCUT2D eigenvalue weighted by atomic mass is 16.5. The van der Waals surface area contributed by atoms with Crippen molar-refractivity contribution < 1.29 is 4.52 Å². The molecule has 4 aromatic rings. The van der Waals surface area contributed by atoms with E-state index in [9.17, 15) is 0 Å². The van der Waals surface area contributed by atoms with Crippen LogP contribution in [0.2, 0.25) is 0 Å². The SMILES string of the molecule is CCN(C)c1ccc(-c2nc(C3(c4ccc(-c5cnc(N)nc5)nc4)CCC3)no2)cn1. The lowest BCUT2D eigenvalue weighted by Crippen LogP contribution is -2.36. The van der Waals surface area contributed by atoms with Gasteiger partial charge in [0, 0.05) is 43.9 Å². The van der Waals surface area contributed by atoms with Crippen LogP contribution in [0.3, 0.4) is 0 Å². The maximum absolute atomic E-state index is 5.62. The zero-order chi connectivity index (χ0) is 22.1. The monoisotopic (exact) mass is 428 g/mol. The van der Waals surface area contributed by atoms with E-state index >= 15 is 0 Å². The van der Waals surface area contributed by atoms with Gasteiger partial charge in [0.2, 0.25) is 5.95 Å². The van der Waals surface area contributed by atoms with Crippen LogP contribution in [0, 0.1) is 0 Å². The fraction of sp³-hybridized carbons (Fsp3) is 0.304. The normalized spacial score (nSPS) is 14.7. The average molecular weight is 429 g/mol. The number of rotatable bonds is 6. The van der Waals surface area contributed by atoms with Gasteiger partial charge in [-0.1, -0.05) is 17.6 Å². The zero-order valence-electron chi connectivity index (χ0n) is 18.1. The number of anilines is 2. The first-order valence-electron chi connectivity index (χ1n) is 10.7. The number of hydrogen-bond acceptors (Lipinski definition) is 9. The molecule has 0 saturated heterocycles. The smallest absolute Gasteiger partial charge is 0.259 e. The summed E-state index contributed by atoms with van der Waals surface area (Å²) in [6, 6.07) is 7.97. The van der Waals surface area contributed by atoms with Crippen LogP contribution in [-0.4, -0.2) is 43.7 Å². The topological polar surface area (TPSA) is 120 Å². The fourth-order valence-corrected chi connectivity index (χ4v) is 3.93. The molecule has 0 amide bonds. The molecule has 2 N–H and O–H groups in total. The van der Waals surface area contributed by atoms with Crippen LogP contribution in [-0.2, 0) is 5.41 Å². The molecule has 0 unspecified atom stereocenters. The highest BCUT2D eigenvalue weighted by Gasteiger charge is 2.44. The summed E-state index contributed by atoms with van der Waals surface area (Å²) in [5, 5.41) is 4.34. The molecule has 0 aromatic carbocycles. The summed E-state index contributed by atoms with van der Waals surface area (Å²) in [6.07, 6.45) is 10.0. The van der Waals surface area contributed by atoms with Gasteiger partial charge in [0.05, 0.1) is 16.7 Å². The highest BCUT2D eigenvalue weighted by molar-refractivity contribution is 5.58. The summed E-state index contributed by atoms with van der Waals surface area (Å²) in [5.74, 6) is 2.32. The van der Waals surface area contributed by atoms with E-state index in [4.69, 9.17) is 15.2 Å². The second kappa shape index (κ2) is 7.99. The van der Waals surface area contributed by atoms with Crippen molar-refractivity contribution in [1.82, 2.24) is 30.1 Å². The van der Waals surface area contributed by atoms with E-state index < -0.39 is 0 Å². The zero-order valence-corrected chi connectivity index (χ0v) is 18.1. The Morgan fingerprint density at radius 2 is 1.75 bits per heavy atom. The van der Waals surface area contributed by atoms with Gasteiger partial charge in [0.25, 0.3) is 5.89 Å². The van der Waals surface area contributed by atoms with Crippen molar-refractivity contribution in [3.05, 3.63) is 60.4 Å². The first-order valence-corrected chi connectivity index (χ1v) is 10.7. The van der Waals surface area contributed by atoms with Crippen molar-refractivity contribution in [3.63, 3.8) is 0 Å². The molecule has 32 heavy (non-hydrogen) atoms. The van der Waals surface area contributed by atoms with Gasteiger partial charge >= 0.3 is 0 Å². The van der Waals surface area contributed by atoms with Crippen LogP contribution in [0.15, 0.2) is 53.6 Å². The predicted octanol–water partition coefficient (Wildman–Crippen LogP) is 3.49. The summed E-state index contributed by atoms with van der Waals surface area (Å²) in [7, 11) is 2.01. The van der Waals surface area contributed by atoms with Gasteiger partial charge in [-0.3, -0.25) is 4.98 Å². The van der Waals surface area contributed by atoms with Crippen LogP contribution in [0.4, 0.5) is 11.8 Å². The summed E-state index contributed by atoms with van der Waals surface area (Å²) in [6.45, 7) is 2.97. The Morgan fingerprint density at radius 3 is 2.34 bits per heavy atom. The van der Waals surface area contributed by atoms with Crippen LogP contribution >= 0.6 is 0 Å². The van der Waals surface area contributed by atoms with Crippen LogP contribution in [0.5, 0.6) is 0 Å². The van der Waals surface area contributed by atoms with Crippen molar-refractivity contribution in [2.75, 3.05) is 24.2 Å². The molecule has 0 aliphatic heterocycles. The standard InChI is InChI=1S/C23H24N8O/c1-3-31(2)19-8-5-15(11-26-19)20-29-21(30-32-20)23(9-4-10-23)17-6-7-18(25-14-17)16-12-27-22(24)28-13-16/h5-8,11-14H,3-4,9-10H2,1-2H3,(H2,24,27,28). The molecule has 1 fully saturated rings. The molecule has 9 heteroatoms. The third kappa shape index (κ3) is 3.45. The van der Waals surface area contributed by atoms with Crippen molar-refractivity contribution in [2.45, 2.75) is 31.6 Å². The van der Waals surface area contributed by atoms with E-state index in [0.717, 1.165) is 54.0 Å². The van der Waals surface area contributed by atoms with E-state index in [1.54, 1.807) is 18.6 Å². The summed E-state index contributed by atoms with van der Waals surface area (Å²) >= 11 is 0. The first kappa shape index (κ1) is 20.0. The summed E-state index contributed by atoms with van der Waals surface area (Å²) < 4.78 is 5.62. The van der Waals surface area contributed by atoms with Crippen molar-refractivity contribution in [2.24, 2.45) is 0 Å². The molecule has 0 atom stereocenters. The highest BCUT2D eigenvalue weighted by Crippen LogP contribution is 2.48. The fourth-order valence-electron chi connectivity index (χ4n) is 3.93. The van der Waals surface area contributed by atoms with Crippen molar-refractivity contribution >= 4 is 11.8 Å². The van der Waals surface area contributed by atoms with Crippen molar-refractivity contribution in [3.8, 4) is 22.7 Å². The molecule has 1 aliphatic carbocycles. The van der Waals surface area contributed by atoms with Gasteiger partial charge in [-0.05, 0) is 43.5 Å². The third-order valence-electron chi connectivity index (χ3n) is 6.21. The lowest BCUT2D eigenvalue weighted by atomic mass is 9.64. The Hall–Kier alpha value is -3.88. The number of aromatic nitrogens is 6. The third-order valence-corrected chi connectivity index (χ3v) is 6.21. The maximum Gasteiger partial charge on any atom is 0.259 e. The summed E-state index contributed by atoms with van der Waals surface area (Å²) in [4.78, 5) is 24.0. The summed E-state index contributed by atoms with van der Waals surface area (Å²) in [5.41, 5.74) is 8.80. The minimum Gasteiger partial charge on any atom is -0.368 e. The van der Waals surface area contributed by atoms with E-state index in [0.29, 0.717) is 11.7 Å². The van der Waals surface area contributed by atoms with Crippen molar-refractivity contribution in [1.29, 1.82) is 0 Å². The Kier molecular flexibility index (Phi) is 5.01. The number of pyridine rings is 2. The van der Waals surface area contributed by atoms with E-state index in [-0.39, 0.29) is 11.4 Å². The molecule has 0 spiro atoms. The lowest BCUT2D eigenvalue weighted by Gasteiger charge is -2.39. The maximum atomic E-state index is 5.62. The molecule has 0 bridgehead atoms. The van der Waals surface area contributed by atoms with Crippen LogP contribution < -0.4 is 10.6 Å². The lowest BCUT2D eigenvalue weighted by molar-refractivity contribution is 0.272.